The molecule has 0 aliphatic rings. The lowest BCUT2D eigenvalue weighted by atomic mass is 10.1. The second-order valence-electron chi connectivity index (χ2n) is 6.14. The molecule has 9 heteroatoms. The molecular weight excluding hydrogens is 386 g/mol. The quantitative estimate of drug-likeness (QED) is 0.741. The van der Waals surface area contributed by atoms with E-state index in [1.165, 1.54) is 11.0 Å². The number of carbonyl (C=O) groups excluding carboxylic acids is 2. The van der Waals surface area contributed by atoms with Crippen molar-refractivity contribution in [1.82, 2.24) is 4.90 Å². The van der Waals surface area contributed by atoms with Crippen molar-refractivity contribution < 1.29 is 18.0 Å². The molecule has 0 fully saturated rings. The zero-order valence-corrected chi connectivity index (χ0v) is 17.1. The zero-order valence-electron chi connectivity index (χ0n) is 15.4. The molecule has 7 nitrogen and oxygen atoms in total. The van der Waals surface area contributed by atoms with Crippen LogP contribution in [-0.4, -0.2) is 44.8 Å². The summed E-state index contributed by atoms with van der Waals surface area (Å²) in [4.78, 5) is 26.4. The third-order valence-corrected chi connectivity index (χ3v) is 5.12. The monoisotopic (exact) mass is 407 g/mol. The maximum absolute atomic E-state index is 12.4. The van der Waals surface area contributed by atoms with Gasteiger partial charge in [-0.05, 0) is 60.6 Å². The van der Waals surface area contributed by atoms with Gasteiger partial charge in [-0.3, -0.25) is 14.3 Å². The van der Waals surface area contributed by atoms with Crippen LogP contribution in [0.25, 0.3) is 0 Å². The van der Waals surface area contributed by atoms with Gasteiger partial charge < -0.3 is 10.2 Å². The average Bonchev–Trinajstić information content (AvgIpc) is 2.57. The smallest absolute Gasteiger partial charge is 0.285 e. The van der Waals surface area contributed by atoms with E-state index < -0.39 is 10.0 Å². The van der Waals surface area contributed by atoms with Crippen molar-refractivity contribution in [3.05, 3.63) is 53.6 Å². The first-order valence-electron chi connectivity index (χ1n) is 7.94. The van der Waals surface area contributed by atoms with E-state index >= 15 is 0 Å². The normalized spacial score (nSPS) is 11.0. The molecule has 0 saturated carbocycles. The Kier molecular flexibility index (Phi) is 6.50. The van der Waals surface area contributed by atoms with E-state index in [4.69, 9.17) is 0 Å². The highest BCUT2D eigenvalue weighted by Gasteiger charge is 2.12. The molecule has 0 aliphatic carbocycles. The Hall–Kier alpha value is -2.52. The molecule has 2 aromatic rings. The summed E-state index contributed by atoms with van der Waals surface area (Å²) >= 11 is 1.09. The molecule has 144 valence electrons. The van der Waals surface area contributed by atoms with Crippen LogP contribution in [-0.2, 0) is 10.0 Å². The fraction of sp³-hybridized carbons (Fsp3) is 0.222. The van der Waals surface area contributed by atoms with Crippen molar-refractivity contribution in [2.75, 3.05) is 30.4 Å². The lowest BCUT2D eigenvalue weighted by Crippen LogP contribution is -2.16. The summed E-state index contributed by atoms with van der Waals surface area (Å²) in [5.41, 5.74) is 1.97. The molecule has 0 atom stereocenters. The second kappa shape index (κ2) is 8.45. The fourth-order valence-corrected chi connectivity index (χ4v) is 3.35. The van der Waals surface area contributed by atoms with E-state index in [1.54, 1.807) is 57.4 Å². The molecule has 0 saturated heterocycles. The fourth-order valence-electron chi connectivity index (χ4n) is 2.07. The lowest BCUT2D eigenvalue weighted by molar-refractivity contribution is 0.102. The van der Waals surface area contributed by atoms with Gasteiger partial charge in [-0.15, -0.1) is 0 Å². The van der Waals surface area contributed by atoms with Gasteiger partial charge in [0.25, 0.3) is 11.1 Å². The first-order chi connectivity index (χ1) is 12.5. The van der Waals surface area contributed by atoms with Gasteiger partial charge in [0, 0.05) is 30.2 Å². The van der Waals surface area contributed by atoms with Crippen molar-refractivity contribution in [2.24, 2.45) is 0 Å². The second-order valence-corrected chi connectivity index (χ2v) is 8.92. The molecule has 0 heterocycles. The standard InChI is InChI=1S/C18H21N3O4S2/c1-12-5-6-13(11-16(12)20-27(4,24)25)17(22)19-14-7-9-15(10-8-14)26-18(23)21(2)3/h5-11,20H,1-4H3,(H,19,22). The van der Waals surface area contributed by atoms with Crippen LogP contribution in [0.3, 0.4) is 0 Å². The minimum Gasteiger partial charge on any atom is -0.339 e. The predicted octanol–water partition coefficient (Wildman–Crippen LogP) is 3.39. The van der Waals surface area contributed by atoms with Crippen LogP contribution in [0, 0.1) is 6.92 Å². The summed E-state index contributed by atoms with van der Waals surface area (Å²) in [5, 5.41) is 2.66. The van der Waals surface area contributed by atoms with Crippen molar-refractivity contribution in [3.63, 3.8) is 0 Å². The highest BCUT2D eigenvalue weighted by molar-refractivity contribution is 8.13. The Balaban J connectivity index is 2.11. The van der Waals surface area contributed by atoms with Crippen LogP contribution in [0.1, 0.15) is 15.9 Å². The molecule has 0 spiro atoms. The summed E-state index contributed by atoms with van der Waals surface area (Å²) < 4.78 is 25.3. The van der Waals surface area contributed by atoms with Gasteiger partial charge in [-0.2, -0.15) is 0 Å². The Bertz CT molecular complexity index is 955. The number of benzene rings is 2. The Morgan fingerprint density at radius 3 is 2.22 bits per heavy atom. The number of carbonyl (C=O) groups is 2. The van der Waals surface area contributed by atoms with Crippen molar-refractivity contribution >= 4 is 44.3 Å². The largest absolute Gasteiger partial charge is 0.339 e. The molecule has 0 unspecified atom stereocenters. The first-order valence-corrected chi connectivity index (χ1v) is 10.6. The zero-order chi connectivity index (χ0) is 20.2. The molecule has 2 aromatic carbocycles. The Morgan fingerprint density at radius 2 is 1.67 bits per heavy atom. The number of anilines is 2. The van der Waals surface area contributed by atoms with E-state index in [0.717, 1.165) is 22.9 Å². The maximum Gasteiger partial charge on any atom is 0.285 e. The van der Waals surface area contributed by atoms with Crippen LogP contribution in [0.4, 0.5) is 16.2 Å². The molecule has 27 heavy (non-hydrogen) atoms. The summed E-state index contributed by atoms with van der Waals surface area (Å²) in [5.74, 6) is -0.365. The highest BCUT2D eigenvalue weighted by atomic mass is 32.2. The molecule has 2 amide bonds. The van der Waals surface area contributed by atoms with Gasteiger partial charge >= 0.3 is 0 Å². The number of aryl methyl sites for hydroxylation is 1. The van der Waals surface area contributed by atoms with Crippen molar-refractivity contribution in [3.8, 4) is 0 Å². The SMILES string of the molecule is Cc1ccc(C(=O)Nc2ccc(SC(=O)N(C)C)cc2)cc1NS(C)(=O)=O. The molecule has 0 aliphatic heterocycles. The van der Waals surface area contributed by atoms with Gasteiger partial charge in [-0.25, -0.2) is 8.42 Å². The number of sulfonamides is 1. The van der Waals surface area contributed by atoms with Crippen LogP contribution < -0.4 is 10.0 Å². The number of nitrogens with one attached hydrogen (secondary N) is 2. The van der Waals surface area contributed by atoms with Gasteiger partial charge in [0.2, 0.25) is 10.0 Å². The Labute approximate surface area is 163 Å². The summed E-state index contributed by atoms with van der Waals surface area (Å²) in [6, 6.07) is 11.7. The first kappa shape index (κ1) is 20.8. The third kappa shape index (κ3) is 6.30. The van der Waals surface area contributed by atoms with Crippen LogP contribution in [0.5, 0.6) is 0 Å². The van der Waals surface area contributed by atoms with Gasteiger partial charge in [-0.1, -0.05) is 6.07 Å². The number of hydrogen-bond acceptors (Lipinski definition) is 5. The van der Waals surface area contributed by atoms with E-state index in [0.29, 0.717) is 22.5 Å². The van der Waals surface area contributed by atoms with Crippen molar-refractivity contribution in [2.45, 2.75) is 11.8 Å². The number of thioether (sulfide) groups is 1. The summed E-state index contributed by atoms with van der Waals surface area (Å²) in [6.45, 7) is 1.75. The van der Waals surface area contributed by atoms with Gasteiger partial charge in [0.05, 0.1) is 11.9 Å². The molecule has 2 rings (SSSR count). The van der Waals surface area contributed by atoms with Crippen LogP contribution in [0.2, 0.25) is 0 Å². The molecule has 0 aromatic heterocycles. The van der Waals surface area contributed by atoms with E-state index in [9.17, 15) is 18.0 Å². The number of rotatable bonds is 5. The van der Waals surface area contributed by atoms with Crippen LogP contribution >= 0.6 is 11.8 Å². The van der Waals surface area contributed by atoms with E-state index in [1.807, 2.05) is 0 Å². The lowest BCUT2D eigenvalue weighted by Gasteiger charge is -2.11. The predicted molar refractivity (Wildman–Crippen MR) is 109 cm³/mol. The number of nitrogens with zero attached hydrogens (tertiary/aromatic N) is 1. The summed E-state index contributed by atoms with van der Waals surface area (Å²) in [6.07, 6.45) is 1.06. The van der Waals surface area contributed by atoms with Gasteiger partial charge in [0.1, 0.15) is 0 Å². The minimum atomic E-state index is -3.44. The highest BCUT2D eigenvalue weighted by Crippen LogP contribution is 2.23. The number of hydrogen-bond donors (Lipinski definition) is 2. The molecule has 2 N–H and O–H groups in total. The maximum atomic E-state index is 12.4. The topological polar surface area (TPSA) is 95.6 Å². The summed E-state index contributed by atoms with van der Waals surface area (Å²) in [7, 11) is -0.0790. The minimum absolute atomic E-state index is 0.0858. The van der Waals surface area contributed by atoms with Gasteiger partial charge in [0.15, 0.2) is 0 Å². The number of amides is 2. The molecule has 0 radical (unpaired) electrons. The van der Waals surface area contributed by atoms with Crippen LogP contribution in [0.15, 0.2) is 47.4 Å². The molecule has 0 bridgehead atoms. The molecular formula is C18H21N3O4S2. The average molecular weight is 408 g/mol. The van der Waals surface area contributed by atoms with E-state index in [2.05, 4.69) is 10.0 Å². The van der Waals surface area contributed by atoms with E-state index in [-0.39, 0.29) is 11.1 Å². The Morgan fingerprint density at radius 1 is 1.04 bits per heavy atom. The van der Waals surface area contributed by atoms with Crippen molar-refractivity contribution in [1.29, 1.82) is 0 Å². The third-order valence-electron chi connectivity index (χ3n) is 3.48.